The number of ether oxygens (including phenoxy) is 1. The maximum Gasteiger partial charge on any atom is 0.341 e. The number of pyridine rings is 1. The first-order valence-electron chi connectivity index (χ1n) is 10.1. The van der Waals surface area contributed by atoms with Crippen LogP contribution in [0.4, 0.5) is 14.5 Å². The van der Waals surface area contributed by atoms with Gasteiger partial charge in [0.05, 0.1) is 24.1 Å². The molecule has 3 aliphatic rings. The van der Waals surface area contributed by atoms with Crippen molar-refractivity contribution in [1.29, 1.82) is 0 Å². The summed E-state index contributed by atoms with van der Waals surface area (Å²) in [6.07, 6.45) is 3.07. The van der Waals surface area contributed by atoms with E-state index in [9.17, 15) is 19.1 Å². The van der Waals surface area contributed by atoms with E-state index in [1.54, 1.807) is 0 Å². The van der Waals surface area contributed by atoms with Crippen molar-refractivity contribution in [2.45, 2.75) is 43.4 Å². The van der Waals surface area contributed by atoms with Crippen molar-refractivity contribution in [3.63, 3.8) is 0 Å². The molecule has 160 valence electrons. The van der Waals surface area contributed by atoms with Crippen LogP contribution >= 0.6 is 0 Å². The fraction of sp³-hybridized carbons (Fsp3) is 0.524. The number of nitrogens with zero attached hydrogens (tertiary/aromatic N) is 2. The van der Waals surface area contributed by atoms with Gasteiger partial charge in [-0.25, -0.2) is 13.6 Å². The van der Waals surface area contributed by atoms with Crippen LogP contribution < -0.4 is 20.8 Å². The van der Waals surface area contributed by atoms with Gasteiger partial charge in [-0.1, -0.05) is 6.42 Å². The van der Waals surface area contributed by atoms with Gasteiger partial charge in [0.15, 0.2) is 11.6 Å². The highest BCUT2D eigenvalue weighted by atomic mass is 19.1. The molecule has 0 unspecified atom stereocenters. The summed E-state index contributed by atoms with van der Waals surface area (Å²) in [6, 6.07) is 0.433. The lowest BCUT2D eigenvalue weighted by atomic mass is 9.92. The number of benzene rings is 1. The number of carboxylic acids is 1. The van der Waals surface area contributed by atoms with Crippen LogP contribution in [0.15, 0.2) is 17.1 Å². The average molecular weight is 419 g/mol. The monoisotopic (exact) mass is 419 g/mol. The molecule has 1 saturated heterocycles. The third kappa shape index (κ3) is 2.64. The number of carboxylic acid groups (broad SMARTS) is 1. The molecule has 2 aromatic rings. The van der Waals surface area contributed by atoms with Crippen molar-refractivity contribution < 1.29 is 23.4 Å². The van der Waals surface area contributed by atoms with Crippen molar-refractivity contribution in [3.8, 4) is 5.75 Å². The summed E-state index contributed by atoms with van der Waals surface area (Å²) in [4.78, 5) is 26.2. The Bertz CT molecular complexity index is 1130. The molecule has 0 radical (unpaired) electrons. The zero-order valence-corrected chi connectivity index (χ0v) is 16.5. The second-order valence-corrected chi connectivity index (χ2v) is 8.74. The third-order valence-corrected chi connectivity index (χ3v) is 6.92. The molecule has 9 heteroatoms. The van der Waals surface area contributed by atoms with Gasteiger partial charge in [-0.3, -0.25) is 4.79 Å². The summed E-state index contributed by atoms with van der Waals surface area (Å²) in [5.41, 5.74) is 5.24. The predicted octanol–water partition coefficient (Wildman–Crippen LogP) is 2.45. The molecule has 1 aromatic carbocycles. The number of halogens is 2. The van der Waals surface area contributed by atoms with E-state index < -0.39 is 35.0 Å². The van der Waals surface area contributed by atoms with E-state index in [0.29, 0.717) is 13.1 Å². The number of aromatic carboxylic acids is 1. The minimum atomic E-state index is -1.44. The van der Waals surface area contributed by atoms with Crippen LogP contribution in [0.2, 0.25) is 0 Å². The Labute approximate surface area is 171 Å². The molecule has 30 heavy (non-hydrogen) atoms. The first-order valence-corrected chi connectivity index (χ1v) is 10.1. The van der Waals surface area contributed by atoms with Crippen molar-refractivity contribution in [2.75, 3.05) is 25.1 Å². The highest BCUT2D eigenvalue weighted by molar-refractivity contribution is 5.97. The summed E-state index contributed by atoms with van der Waals surface area (Å²) >= 11 is 0. The Hall–Kier alpha value is -2.68. The van der Waals surface area contributed by atoms with Crippen LogP contribution in [0.3, 0.4) is 0 Å². The highest BCUT2D eigenvalue weighted by Crippen LogP contribution is 2.48. The standard InChI is InChI=1S/C21H23F2N3O4/c1-30-19-16-11(18(27)12(20(28)29)8-26(16)15-6-13(15)22)5-14(23)17(19)25-7-10-3-2-4-21(10,24)9-25/h5,8,10,13,15H,2-4,6-7,9,24H2,1H3,(H,28,29)/t10-,13-,15+,21-/m0/s1. The number of rotatable bonds is 4. The van der Waals surface area contributed by atoms with Crippen LogP contribution in [0.5, 0.6) is 5.75 Å². The molecule has 3 fully saturated rings. The molecule has 2 heterocycles. The van der Waals surface area contributed by atoms with Crippen LogP contribution in [0.25, 0.3) is 10.9 Å². The molecule has 5 rings (SSSR count). The second-order valence-electron chi connectivity index (χ2n) is 8.74. The van der Waals surface area contributed by atoms with E-state index in [-0.39, 0.29) is 40.2 Å². The van der Waals surface area contributed by atoms with E-state index in [0.717, 1.165) is 31.5 Å². The normalized spacial score (nSPS) is 30.0. The average Bonchev–Trinajstić information content (AvgIpc) is 3.16. The molecular weight excluding hydrogens is 396 g/mol. The SMILES string of the molecule is COc1c(N2C[C@@H]3CCC[C@]3(N)C2)c(F)cc2c(=O)c(C(=O)O)cn([C@@H]3C[C@@H]3F)c12. The lowest BCUT2D eigenvalue weighted by Gasteiger charge is -2.27. The van der Waals surface area contributed by atoms with E-state index in [2.05, 4.69) is 0 Å². The van der Waals surface area contributed by atoms with E-state index in [1.807, 2.05) is 4.90 Å². The van der Waals surface area contributed by atoms with E-state index >= 15 is 4.39 Å². The van der Waals surface area contributed by atoms with Gasteiger partial charge in [0, 0.05) is 31.2 Å². The van der Waals surface area contributed by atoms with E-state index in [4.69, 9.17) is 10.5 Å². The Morgan fingerprint density at radius 3 is 2.77 bits per heavy atom. The Morgan fingerprint density at radius 2 is 2.17 bits per heavy atom. The third-order valence-electron chi connectivity index (χ3n) is 6.92. The van der Waals surface area contributed by atoms with Crippen LogP contribution in [-0.2, 0) is 0 Å². The fourth-order valence-corrected chi connectivity index (χ4v) is 5.29. The Kier molecular flexibility index (Phi) is 4.12. The maximum atomic E-state index is 15.3. The van der Waals surface area contributed by atoms with Gasteiger partial charge in [-0.15, -0.1) is 0 Å². The number of hydrogen-bond acceptors (Lipinski definition) is 5. The predicted molar refractivity (Wildman–Crippen MR) is 107 cm³/mol. The second kappa shape index (κ2) is 6.41. The van der Waals surface area contributed by atoms with Crippen molar-refractivity contribution >= 4 is 22.6 Å². The largest absolute Gasteiger partial charge is 0.492 e. The van der Waals surface area contributed by atoms with Gasteiger partial charge < -0.3 is 25.0 Å². The minimum absolute atomic E-state index is 0.113. The first-order chi connectivity index (χ1) is 14.2. The number of hydrogen-bond donors (Lipinski definition) is 2. The van der Waals surface area contributed by atoms with Crippen molar-refractivity contribution in [1.82, 2.24) is 4.57 Å². The van der Waals surface area contributed by atoms with Crippen LogP contribution in [-0.4, -0.2) is 47.6 Å². The molecule has 0 spiro atoms. The van der Waals surface area contributed by atoms with Gasteiger partial charge in [-0.05, 0) is 24.8 Å². The molecule has 4 atom stereocenters. The molecule has 1 aliphatic heterocycles. The Morgan fingerprint density at radius 1 is 1.43 bits per heavy atom. The van der Waals surface area contributed by atoms with Gasteiger partial charge in [-0.2, -0.15) is 0 Å². The zero-order valence-electron chi connectivity index (χ0n) is 16.5. The number of anilines is 1. The lowest BCUT2D eigenvalue weighted by Crippen LogP contribution is -2.44. The lowest BCUT2D eigenvalue weighted by molar-refractivity contribution is 0.0694. The summed E-state index contributed by atoms with van der Waals surface area (Å²) in [5, 5.41) is 9.28. The van der Waals surface area contributed by atoms with Gasteiger partial charge in [0.25, 0.3) is 0 Å². The first kappa shape index (κ1) is 19.3. The molecule has 2 aliphatic carbocycles. The highest BCUT2D eigenvalue weighted by Gasteiger charge is 2.48. The van der Waals surface area contributed by atoms with Gasteiger partial charge >= 0.3 is 5.97 Å². The number of methoxy groups -OCH3 is 1. The maximum absolute atomic E-state index is 15.3. The quantitative estimate of drug-likeness (QED) is 0.790. The van der Waals surface area contributed by atoms with Crippen molar-refractivity contribution in [3.05, 3.63) is 33.9 Å². The fourth-order valence-electron chi connectivity index (χ4n) is 5.29. The van der Waals surface area contributed by atoms with Gasteiger partial charge in [0.2, 0.25) is 5.43 Å². The smallest absolute Gasteiger partial charge is 0.341 e. The minimum Gasteiger partial charge on any atom is -0.492 e. The number of nitrogens with two attached hydrogens (primary N) is 1. The number of carbonyl (C=O) groups is 1. The summed E-state index contributed by atoms with van der Waals surface area (Å²) in [7, 11) is 1.37. The number of alkyl halides is 1. The molecular formula is C21H23F2N3O4. The molecule has 0 amide bonds. The van der Waals surface area contributed by atoms with E-state index in [1.165, 1.54) is 11.7 Å². The van der Waals surface area contributed by atoms with Crippen LogP contribution in [0, 0.1) is 11.7 Å². The molecule has 3 N–H and O–H groups in total. The summed E-state index contributed by atoms with van der Waals surface area (Å²) < 4.78 is 36.3. The molecule has 2 saturated carbocycles. The molecule has 0 bridgehead atoms. The summed E-state index contributed by atoms with van der Waals surface area (Å²) in [6.45, 7) is 1.03. The topological polar surface area (TPSA) is 97.8 Å². The number of fused-ring (bicyclic) bond motifs is 2. The molecule has 1 aromatic heterocycles. The van der Waals surface area contributed by atoms with Crippen molar-refractivity contribution in [2.24, 2.45) is 11.7 Å². The zero-order chi connectivity index (χ0) is 21.4. The summed E-state index contributed by atoms with van der Waals surface area (Å²) in [5.74, 6) is -1.76. The number of aromatic nitrogens is 1. The van der Waals surface area contributed by atoms with Crippen LogP contribution in [0.1, 0.15) is 42.1 Å². The Balaban J connectivity index is 1.76. The molecule has 7 nitrogen and oxygen atoms in total. The van der Waals surface area contributed by atoms with Gasteiger partial charge in [0.1, 0.15) is 17.4 Å².